The van der Waals surface area contributed by atoms with E-state index in [1.165, 1.54) is 16.4 Å². The number of rotatable bonds is 6. The molecule has 1 fully saturated rings. The Balaban J connectivity index is 1.51. The number of ether oxygens (including phenoxy) is 2. The second-order valence-corrected chi connectivity index (χ2v) is 7.41. The molecule has 12 nitrogen and oxygen atoms in total. The van der Waals surface area contributed by atoms with Crippen molar-refractivity contribution in [1.29, 1.82) is 0 Å². The fourth-order valence-corrected chi connectivity index (χ4v) is 3.42. The van der Waals surface area contributed by atoms with Crippen molar-refractivity contribution in [2.75, 3.05) is 6.61 Å². The third-order valence-corrected chi connectivity index (χ3v) is 5.21. The van der Waals surface area contributed by atoms with Gasteiger partial charge in [0.15, 0.2) is 0 Å². The van der Waals surface area contributed by atoms with E-state index in [2.05, 4.69) is 10.3 Å². The molecule has 5 atom stereocenters. The number of nitrogens with one attached hydrogen (secondary N) is 1. The second kappa shape index (κ2) is 9.62. The number of aliphatic hydroxyl groups excluding tert-OH is 4. The number of hydrogen-bond acceptors (Lipinski definition) is 10. The zero-order chi connectivity index (χ0) is 23.5. The van der Waals surface area contributed by atoms with Crippen LogP contribution in [0.4, 0.5) is 0 Å². The standard InChI is InChI=1S/C21H22N4O8/c26-10-16-18(28)19(29)20(30)21(33-16)32-14-4-3-11-7-13(2-1-12(11)8-14)15-9-25(24-22-15)6-5-17(27)23-31/h1-9,16,18-21,26,28-31H,10H2,(H,23,27)/b6-5+/t16-,18-,19+,20-,21+/m1/s1. The Bertz CT molecular complexity index is 1160. The summed E-state index contributed by atoms with van der Waals surface area (Å²) in [4.78, 5) is 11.1. The molecule has 0 bridgehead atoms. The van der Waals surface area contributed by atoms with Crippen LogP contribution in [-0.4, -0.2) is 83.8 Å². The first-order chi connectivity index (χ1) is 15.9. The number of fused-ring (bicyclic) bond motifs is 1. The molecular formula is C21H22N4O8. The average molecular weight is 458 g/mol. The summed E-state index contributed by atoms with van der Waals surface area (Å²) >= 11 is 0. The summed E-state index contributed by atoms with van der Waals surface area (Å²) in [6, 6.07) is 10.7. The lowest BCUT2D eigenvalue weighted by atomic mass is 9.99. The molecule has 1 saturated heterocycles. The van der Waals surface area contributed by atoms with E-state index in [0.29, 0.717) is 11.4 Å². The molecule has 0 unspecified atom stereocenters. The minimum atomic E-state index is -1.52. The molecule has 1 aliphatic heterocycles. The Morgan fingerprint density at radius 2 is 1.88 bits per heavy atom. The lowest BCUT2D eigenvalue weighted by Gasteiger charge is -2.39. The van der Waals surface area contributed by atoms with Gasteiger partial charge in [-0.1, -0.05) is 23.4 Å². The fraction of sp³-hybridized carbons (Fsp3) is 0.286. The van der Waals surface area contributed by atoms with E-state index in [9.17, 15) is 25.2 Å². The van der Waals surface area contributed by atoms with Crippen LogP contribution in [0, 0.1) is 0 Å². The van der Waals surface area contributed by atoms with E-state index in [1.54, 1.807) is 24.4 Å². The van der Waals surface area contributed by atoms with Gasteiger partial charge in [0.1, 0.15) is 35.9 Å². The largest absolute Gasteiger partial charge is 0.462 e. The van der Waals surface area contributed by atoms with E-state index in [0.717, 1.165) is 22.4 Å². The maximum absolute atomic E-state index is 11.1. The lowest BCUT2D eigenvalue weighted by Crippen LogP contribution is -2.60. The van der Waals surface area contributed by atoms with Crippen LogP contribution in [0.25, 0.3) is 28.2 Å². The molecule has 1 aromatic heterocycles. The highest BCUT2D eigenvalue weighted by atomic mass is 16.7. The van der Waals surface area contributed by atoms with Crippen LogP contribution in [0.15, 0.2) is 48.7 Å². The summed E-state index contributed by atoms with van der Waals surface area (Å²) in [6.07, 6.45) is -2.77. The Kier molecular flexibility index (Phi) is 6.65. The van der Waals surface area contributed by atoms with E-state index >= 15 is 0 Å². The van der Waals surface area contributed by atoms with Crippen LogP contribution in [0.1, 0.15) is 0 Å². The van der Waals surface area contributed by atoms with Crippen molar-refractivity contribution in [3.63, 3.8) is 0 Å². The minimum Gasteiger partial charge on any atom is -0.462 e. The predicted molar refractivity (Wildman–Crippen MR) is 113 cm³/mol. The quantitative estimate of drug-likeness (QED) is 0.156. The van der Waals surface area contributed by atoms with Gasteiger partial charge in [0.25, 0.3) is 5.91 Å². The van der Waals surface area contributed by atoms with E-state index < -0.39 is 43.2 Å². The zero-order valence-electron chi connectivity index (χ0n) is 17.1. The fourth-order valence-electron chi connectivity index (χ4n) is 3.42. The first kappa shape index (κ1) is 22.8. The molecule has 0 saturated carbocycles. The summed E-state index contributed by atoms with van der Waals surface area (Å²) in [5, 5.41) is 57.4. The number of carbonyl (C=O) groups is 1. The van der Waals surface area contributed by atoms with Gasteiger partial charge in [-0.3, -0.25) is 10.0 Å². The number of hydrogen-bond donors (Lipinski definition) is 6. The van der Waals surface area contributed by atoms with Crippen LogP contribution in [0.2, 0.25) is 0 Å². The van der Waals surface area contributed by atoms with Gasteiger partial charge in [-0.05, 0) is 29.0 Å². The zero-order valence-corrected chi connectivity index (χ0v) is 17.1. The minimum absolute atomic E-state index is 0.359. The SMILES string of the molecule is O=C(/C=C/n1cc(-c2ccc3cc(O[C@H]4O[C@H](CO)[C@@H](O)[C@H](O)[C@H]4O)ccc3c2)nn1)NO. The van der Waals surface area contributed by atoms with Gasteiger partial charge in [-0.25, -0.2) is 10.2 Å². The first-order valence-electron chi connectivity index (χ1n) is 9.95. The Morgan fingerprint density at radius 1 is 1.12 bits per heavy atom. The maximum Gasteiger partial charge on any atom is 0.268 e. The van der Waals surface area contributed by atoms with Crippen LogP contribution in [0.3, 0.4) is 0 Å². The van der Waals surface area contributed by atoms with Crippen molar-refractivity contribution in [3.8, 4) is 17.0 Å². The predicted octanol–water partition coefficient (Wildman–Crippen LogP) is -0.747. The Labute approximate surface area is 186 Å². The van der Waals surface area contributed by atoms with Gasteiger partial charge in [0.2, 0.25) is 6.29 Å². The molecule has 3 aromatic rings. The van der Waals surface area contributed by atoms with E-state index in [4.69, 9.17) is 14.7 Å². The monoisotopic (exact) mass is 458 g/mol. The molecule has 6 N–H and O–H groups in total. The highest BCUT2D eigenvalue weighted by molar-refractivity contribution is 5.89. The molecular weight excluding hydrogens is 436 g/mol. The number of amides is 1. The van der Waals surface area contributed by atoms with Crippen LogP contribution < -0.4 is 10.2 Å². The number of aromatic nitrogens is 3. The van der Waals surface area contributed by atoms with E-state index in [-0.39, 0.29) is 0 Å². The van der Waals surface area contributed by atoms with Gasteiger partial charge in [0.05, 0.1) is 12.8 Å². The molecule has 33 heavy (non-hydrogen) atoms. The third kappa shape index (κ3) is 4.85. The Morgan fingerprint density at radius 3 is 2.64 bits per heavy atom. The summed E-state index contributed by atoms with van der Waals surface area (Å²) in [5.74, 6) is -0.336. The van der Waals surface area contributed by atoms with Gasteiger partial charge < -0.3 is 29.9 Å². The molecule has 12 heteroatoms. The highest BCUT2D eigenvalue weighted by Gasteiger charge is 2.44. The molecule has 0 spiro atoms. The van der Waals surface area contributed by atoms with Gasteiger partial charge >= 0.3 is 0 Å². The molecule has 2 heterocycles. The highest BCUT2D eigenvalue weighted by Crippen LogP contribution is 2.29. The average Bonchev–Trinajstić information content (AvgIpc) is 3.31. The number of carbonyl (C=O) groups excluding carboxylic acids is 1. The number of nitrogens with zero attached hydrogens (tertiary/aromatic N) is 3. The molecule has 0 radical (unpaired) electrons. The summed E-state index contributed by atoms with van der Waals surface area (Å²) < 4.78 is 12.4. The number of aliphatic hydroxyl groups is 4. The third-order valence-electron chi connectivity index (χ3n) is 5.21. The summed E-state index contributed by atoms with van der Waals surface area (Å²) in [7, 11) is 0. The normalized spacial score (nSPS) is 25.4. The molecule has 1 aliphatic rings. The Hall–Kier alpha value is -3.39. The van der Waals surface area contributed by atoms with Crippen molar-refractivity contribution in [3.05, 3.63) is 48.7 Å². The van der Waals surface area contributed by atoms with Gasteiger partial charge in [0, 0.05) is 17.8 Å². The van der Waals surface area contributed by atoms with Crippen LogP contribution >= 0.6 is 0 Å². The second-order valence-electron chi connectivity index (χ2n) is 7.41. The van der Waals surface area contributed by atoms with Gasteiger partial charge in [-0.2, -0.15) is 0 Å². The molecule has 0 aliphatic carbocycles. The smallest absolute Gasteiger partial charge is 0.268 e. The molecule has 174 valence electrons. The first-order valence-corrected chi connectivity index (χ1v) is 9.95. The van der Waals surface area contributed by atoms with Crippen LogP contribution in [-0.2, 0) is 9.53 Å². The van der Waals surface area contributed by atoms with Crippen molar-refractivity contribution in [2.45, 2.75) is 30.7 Å². The van der Waals surface area contributed by atoms with Gasteiger partial charge in [-0.15, -0.1) is 5.10 Å². The van der Waals surface area contributed by atoms with Crippen molar-refractivity contribution in [2.24, 2.45) is 0 Å². The molecule has 4 rings (SSSR count). The molecule has 2 aromatic carbocycles. The van der Waals surface area contributed by atoms with E-state index in [1.807, 2.05) is 18.2 Å². The summed E-state index contributed by atoms with van der Waals surface area (Å²) in [6.45, 7) is -0.541. The summed E-state index contributed by atoms with van der Waals surface area (Å²) in [5.41, 5.74) is 2.82. The topological polar surface area (TPSA) is 179 Å². The molecule has 1 amide bonds. The lowest BCUT2D eigenvalue weighted by molar-refractivity contribution is -0.277. The number of benzene rings is 2. The van der Waals surface area contributed by atoms with Crippen molar-refractivity contribution >= 4 is 22.9 Å². The number of hydroxylamine groups is 1. The van der Waals surface area contributed by atoms with Crippen molar-refractivity contribution in [1.82, 2.24) is 20.5 Å². The maximum atomic E-state index is 11.1. The van der Waals surface area contributed by atoms with Crippen molar-refractivity contribution < 1.29 is 39.9 Å². The van der Waals surface area contributed by atoms with Crippen LogP contribution in [0.5, 0.6) is 5.75 Å².